The van der Waals surface area contributed by atoms with Gasteiger partial charge >= 0.3 is 0 Å². The molecule has 0 spiro atoms. The maximum absolute atomic E-state index is 14.2. The van der Waals surface area contributed by atoms with Crippen molar-refractivity contribution in [3.63, 3.8) is 0 Å². The second-order valence-electron chi connectivity index (χ2n) is 11.3. The number of hydrogen-bond donors (Lipinski definition) is 5. The van der Waals surface area contributed by atoms with Gasteiger partial charge in [-0.15, -0.1) is 11.3 Å². The number of Topliss-reactive ketones (excluding diaryl/α,β-unsaturated/α-hetero) is 1. The van der Waals surface area contributed by atoms with E-state index in [1.54, 1.807) is 36.5 Å². The Labute approximate surface area is 257 Å². The van der Waals surface area contributed by atoms with E-state index < -0.39 is 17.4 Å². The summed E-state index contributed by atoms with van der Waals surface area (Å²) in [5, 5.41) is 6.54. The summed E-state index contributed by atoms with van der Waals surface area (Å²) in [7, 11) is 0. The first-order valence-electron chi connectivity index (χ1n) is 14.3. The molecule has 2 aliphatic rings. The zero-order valence-corrected chi connectivity index (χ0v) is 25.2. The minimum Gasteiger partial charge on any atom is -0.437 e. The summed E-state index contributed by atoms with van der Waals surface area (Å²) in [6, 6.07) is 6.98. The summed E-state index contributed by atoms with van der Waals surface area (Å²) < 4.78 is 6.58. The number of benzene rings is 1. The number of rotatable bonds is 7. The van der Waals surface area contributed by atoms with Crippen LogP contribution in [0.3, 0.4) is 0 Å². The third-order valence-electron chi connectivity index (χ3n) is 8.55. The molecule has 1 fully saturated rings. The first kappa shape index (κ1) is 29.4. The molecule has 11 nitrogen and oxygen atoms in total. The minimum atomic E-state index is -1.65. The summed E-state index contributed by atoms with van der Waals surface area (Å²) in [6.45, 7) is 7.17. The summed E-state index contributed by atoms with van der Waals surface area (Å²) >= 11 is 1.18. The average Bonchev–Trinajstić information content (AvgIpc) is 3.62. The van der Waals surface area contributed by atoms with E-state index in [4.69, 9.17) is 21.9 Å². The number of thiophene rings is 1. The van der Waals surface area contributed by atoms with Crippen LogP contribution < -0.4 is 32.6 Å². The predicted molar refractivity (Wildman–Crippen MR) is 168 cm³/mol. The molecular formula is C32H33N7O4S. The van der Waals surface area contributed by atoms with Crippen LogP contribution in [0, 0.1) is 13.8 Å². The number of pyridine rings is 2. The van der Waals surface area contributed by atoms with Gasteiger partial charge in [-0.1, -0.05) is 12.6 Å². The molecular weight excluding hydrogens is 578 g/mol. The molecule has 0 bridgehead atoms. The number of carbonyl (C=O) groups excluding carboxylic acids is 3. The standard InChI is InChI=1S/C32H33N7O4S/c1-4-23(40)38-20-7-5-8-21(20)39-31(42)29-26-25-17(10-11-19(33)28(25)44-29)32(35,30(41)27(26)34)18-14-37-24(13-15(18)2)43-22-9-6-12-36-16(22)3/h4,6,9-14,20-21,27H,1,5,7-8,33-35H2,2-3H3,(H,38,40)(H,39,42)/t20-,21+,27?,32?/m0/s1. The van der Waals surface area contributed by atoms with E-state index in [1.807, 2.05) is 13.8 Å². The molecule has 6 rings (SSSR count). The number of aryl methyl sites for hydroxylation is 2. The van der Waals surface area contributed by atoms with Crippen molar-refractivity contribution in [2.45, 2.75) is 56.8 Å². The molecule has 8 N–H and O–H groups in total. The highest BCUT2D eigenvalue weighted by molar-refractivity contribution is 7.21. The third kappa shape index (κ3) is 4.71. The monoisotopic (exact) mass is 611 g/mol. The van der Waals surface area contributed by atoms with Gasteiger partial charge in [0.2, 0.25) is 11.8 Å². The SMILES string of the molecule is C=CC(=O)N[C@H]1CCC[C@H]1NC(=O)c1sc2c(N)ccc3c2c1C(N)C(=O)C3(N)c1cnc(Oc2cccnc2C)cc1C. The Morgan fingerprint density at radius 3 is 2.59 bits per heavy atom. The van der Waals surface area contributed by atoms with Crippen LogP contribution >= 0.6 is 11.3 Å². The summed E-state index contributed by atoms with van der Waals surface area (Å²) in [4.78, 5) is 48.9. The molecule has 12 heteroatoms. The summed E-state index contributed by atoms with van der Waals surface area (Å²) in [5.41, 5.74) is 21.6. The van der Waals surface area contributed by atoms with Crippen molar-refractivity contribution < 1.29 is 19.1 Å². The Kier molecular flexibility index (Phi) is 7.44. The summed E-state index contributed by atoms with van der Waals surface area (Å²) in [5.74, 6) is -0.262. The van der Waals surface area contributed by atoms with Gasteiger partial charge in [0.05, 0.1) is 21.3 Å². The minimum absolute atomic E-state index is 0.229. The van der Waals surface area contributed by atoms with Crippen LogP contribution in [0.5, 0.6) is 11.6 Å². The lowest BCUT2D eigenvalue weighted by Crippen LogP contribution is -2.53. The van der Waals surface area contributed by atoms with Crippen LogP contribution in [-0.4, -0.2) is 39.6 Å². The van der Waals surface area contributed by atoms with E-state index in [1.165, 1.54) is 23.6 Å². The maximum atomic E-state index is 14.2. The lowest BCUT2D eigenvalue weighted by Gasteiger charge is -2.37. The van der Waals surface area contributed by atoms with Gasteiger partial charge in [-0.05, 0) is 68.5 Å². The lowest BCUT2D eigenvalue weighted by molar-refractivity contribution is -0.124. The smallest absolute Gasteiger partial charge is 0.262 e. The topological polar surface area (TPSA) is 188 Å². The number of hydrogen-bond acceptors (Lipinski definition) is 10. The number of nitrogens with two attached hydrogens (primary N) is 3. The first-order valence-corrected chi connectivity index (χ1v) is 15.1. The molecule has 2 aliphatic carbocycles. The Morgan fingerprint density at radius 2 is 1.89 bits per heavy atom. The number of carbonyl (C=O) groups is 3. The van der Waals surface area contributed by atoms with E-state index in [2.05, 4.69) is 27.2 Å². The Hall–Kier alpha value is -4.65. The first-order chi connectivity index (χ1) is 21.0. The second kappa shape index (κ2) is 11.1. The number of nitrogen functional groups attached to an aromatic ring is 1. The second-order valence-corrected chi connectivity index (χ2v) is 12.3. The third-order valence-corrected chi connectivity index (χ3v) is 9.80. The van der Waals surface area contributed by atoms with Crippen LogP contribution in [0.15, 0.2) is 55.4 Å². The van der Waals surface area contributed by atoms with E-state index in [0.717, 1.165) is 12.8 Å². The fourth-order valence-corrected chi connectivity index (χ4v) is 7.50. The van der Waals surface area contributed by atoms with Crippen LogP contribution in [0.2, 0.25) is 0 Å². The number of ketones is 1. The number of amides is 2. The molecule has 2 unspecified atom stereocenters. The fraction of sp³-hybridized carbons (Fsp3) is 0.281. The molecule has 4 atom stereocenters. The molecule has 0 aliphatic heterocycles. The average molecular weight is 612 g/mol. The van der Waals surface area contributed by atoms with Gasteiger partial charge in [-0.2, -0.15) is 0 Å². The van der Waals surface area contributed by atoms with Gasteiger partial charge in [0.15, 0.2) is 11.5 Å². The van der Waals surface area contributed by atoms with Gasteiger partial charge in [0, 0.05) is 52.7 Å². The van der Waals surface area contributed by atoms with Crippen molar-refractivity contribution in [2.75, 3.05) is 5.73 Å². The predicted octanol–water partition coefficient (Wildman–Crippen LogP) is 3.42. The van der Waals surface area contributed by atoms with Crippen LogP contribution in [0.25, 0.3) is 10.1 Å². The molecule has 1 saturated carbocycles. The van der Waals surface area contributed by atoms with Crippen molar-refractivity contribution in [1.82, 2.24) is 20.6 Å². The quantitative estimate of drug-likeness (QED) is 0.154. The molecule has 3 heterocycles. The highest BCUT2D eigenvalue weighted by atomic mass is 32.1. The van der Waals surface area contributed by atoms with E-state index in [9.17, 15) is 14.4 Å². The van der Waals surface area contributed by atoms with Crippen molar-refractivity contribution >= 4 is 44.7 Å². The number of nitrogens with one attached hydrogen (secondary N) is 2. The van der Waals surface area contributed by atoms with Gasteiger partial charge in [0.25, 0.3) is 5.91 Å². The molecule has 44 heavy (non-hydrogen) atoms. The van der Waals surface area contributed by atoms with Gasteiger partial charge < -0.3 is 32.6 Å². The van der Waals surface area contributed by atoms with Crippen molar-refractivity contribution in [1.29, 1.82) is 0 Å². The van der Waals surface area contributed by atoms with Crippen LogP contribution in [0.4, 0.5) is 5.69 Å². The zero-order chi connectivity index (χ0) is 31.3. The van der Waals surface area contributed by atoms with Crippen molar-refractivity contribution in [3.8, 4) is 11.6 Å². The Morgan fingerprint density at radius 1 is 1.14 bits per heavy atom. The van der Waals surface area contributed by atoms with E-state index >= 15 is 0 Å². The van der Waals surface area contributed by atoms with Crippen LogP contribution in [0.1, 0.15) is 62.9 Å². The Balaban J connectivity index is 1.40. The maximum Gasteiger partial charge on any atom is 0.262 e. The molecule has 3 aromatic heterocycles. The highest BCUT2D eigenvalue weighted by Crippen LogP contribution is 2.50. The molecule has 0 saturated heterocycles. The van der Waals surface area contributed by atoms with Gasteiger partial charge in [-0.25, -0.2) is 4.98 Å². The van der Waals surface area contributed by atoms with Gasteiger partial charge in [-0.3, -0.25) is 19.4 Å². The lowest BCUT2D eigenvalue weighted by atomic mass is 9.70. The van der Waals surface area contributed by atoms with Crippen LogP contribution in [-0.2, 0) is 15.1 Å². The molecule has 226 valence electrons. The zero-order valence-electron chi connectivity index (χ0n) is 24.3. The normalized spacial score (nSPS) is 22.5. The van der Waals surface area contributed by atoms with Gasteiger partial charge in [0.1, 0.15) is 5.54 Å². The molecule has 0 radical (unpaired) electrons. The molecule has 1 aromatic carbocycles. The highest BCUT2D eigenvalue weighted by Gasteiger charge is 2.49. The number of ether oxygens (including phenoxy) is 1. The molecule has 4 aromatic rings. The fourth-order valence-electron chi connectivity index (χ4n) is 6.30. The van der Waals surface area contributed by atoms with Crippen molar-refractivity contribution in [3.05, 3.63) is 88.2 Å². The van der Waals surface area contributed by atoms with Crippen molar-refractivity contribution in [2.24, 2.45) is 11.5 Å². The van der Waals surface area contributed by atoms with E-state index in [-0.39, 0.29) is 23.9 Å². The number of aromatic nitrogens is 2. The summed E-state index contributed by atoms with van der Waals surface area (Å²) in [6.07, 6.45) is 6.69. The largest absolute Gasteiger partial charge is 0.437 e. The number of nitrogens with zero attached hydrogens (tertiary/aromatic N) is 2. The molecule has 2 amide bonds. The number of anilines is 1. The Bertz CT molecular complexity index is 1850. The van der Waals surface area contributed by atoms with E-state index in [0.29, 0.717) is 66.6 Å².